The highest BCUT2D eigenvalue weighted by Crippen LogP contribution is 2.23. The van der Waals surface area contributed by atoms with Crippen molar-refractivity contribution in [3.63, 3.8) is 0 Å². The van der Waals surface area contributed by atoms with Crippen molar-refractivity contribution in [2.45, 2.75) is 26.2 Å². The average Bonchev–Trinajstić information content (AvgIpc) is 2.25. The molecule has 0 heterocycles. The molecule has 0 atom stereocenters. The largest absolute Gasteiger partial charge is 0.481 e. The molecule has 0 unspecified atom stereocenters. The van der Waals surface area contributed by atoms with Crippen molar-refractivity contribution in [3.8, 4) is 0 Å². The zero-order valence-electron chi connectivity index (χ0n) is 10.2. The van der Waals surface area contributed by atoms with Gasteiger partial charge in [0.15, 0.2) is 0 Å². The standard InChI is InChI=1S/C13H16O2S2/c1-13(2,3)10-6-4-9(5-7-10)12(16)17-8-11(14)15/h4-7H,8H2,1-3H3,(H,14,15). The number of thiocarbonyl (C=S) groups is 1. The number of benzene rings is 1. The van der Waals surface area contributed by atoms with Crippen LogP contribution in [0.3, 0.4) is 0 Å². The Morgan fingerprint density at radius 3 is 2.24 bits per heavy atom. The van der Waals surface area contributed by atoms with Crippen molar-refractivity contribution >= 4 is 34.1 Å². The van der Waals surface area contributed by atoms with Gasteiger partial charge in [0, 0.05) is 0 Å². The molecular formula is C13H16O2S2. The fourth-order valence-corrected chi connectivity index (χ4v) is 2.19. The molecule has 0 aliphatic heterocycles. The van der Waals surface area contributed by atoms with E-state index in [0.717, 1.165) is 5.56 Å². The van der Waals surface area contributed by atoms with E-state index in [9.17, 15) is 4.79 Å². The smallest absolute Gasteiger partial charge is 0.313 e. The second-order valence-corrected chi connectivity index (χ2v) is 6.45. The van der Waals surface area contributed by atoms with Crippen molar-refractivity contribution in [1.82, 2.24) is 0 Å². The predicted molar refractivity (Wildman–Crippen MR) is 76.9 cm³/mol. The van der Waals surface area contributed by atoms with Gasteiger partial charge in [0.05, 0.1) is 9.95 Å². The van der Waals surface area contributed by atoms with Gasteiger partial charge in [-0.15, -0.1) is 11.8 Å². The summed E-state index contributed by atoms with van der Waals surface area (Å²) >= 11 is 6.36. The van der Waals surface area contributed by atoms with E-state index in [2.05, 4.69) is 20.8 Å². The van der Waals surface area contributed by atoms with E-state index in [4.69, 9.17) is 17.3 Å². The van der Waals surface area contributed by atoms with E-state index >= 15 is 0 Å². The van der Waals surface area contributed by atoms with Gasteiger partial charge in [-0.05, 0) is 16.5 Å². The van der Waals surface area contributed by atoms with Crippen LogP contribution in [0.4, 0.5) is 0 Å². The van der Waals surface area contributed by atoms with Crippen LogP contribution in [-0.4, -0.2) is 21.0 Å². The first-order valence-electron chi connectivity index (χ1n) is 5.30. The lowest BCUT2D eigenvalue weighted by atomic mass is 9.87. The number of hydrogen-bond acceptors (Lipinski definition) is 3. The molecule has 4 heteroatoms. The number of rotatable bonds is 3. The summed E-state index contributed by atoms with van der Waals surface area (Å²) < 4.78 is 0.632. The monoisotopic (exact) mass is 268 g/mol. The Morgan fingerprint density at radius 1 is 1.29 bits per heavy atom. The zero-order valence-corrected chi connectivity index (χ0v) is 11.8. The number of aliphatic carboxylic acids is 1. The van der Waals surface area contributed by atoms with Gasteiger partial charge < -0.3 is 5.11 Å². The molecule has 0 fully saturated rings. The highest BCUT2D eigenvalue weighted by molar-refractivity contribution is 8.24. The van der Waals surface area contributed by atoms with E-state index in [1.165, 1.54) is 17.3 Å². The molecule has 92 valence electrons. The van der Waals surface area contributed by atoms with Crippen molar-refractivity contribution in [1.29, 1.82) is 0 Å². The van der Waals surface area contributed by atoms with Crippen LogP contribution < -0.4 is 0 Å². The molecule has 17 heavy (non-hydrogen) atoms. The maximum Gasteiger partial charge on any atom is 0.313 e. The fourth-order valence-electron chi connectivity index (χ4n) is 1.32. The summed E-state index contributed by atoms with van der Waals surface area (Å²) in [5.74, 6) is -0.830. The van der Waals surface area contributed by atoms with E-state index in [1.54, 1.807) is 0 Å². The predicted octanol–water partition coefficient (Wildman–Crippen LogP) is 3.48. The normalized spacial score (nSPS) is 11.2. The van der Waals surface area contributed by atoms with Crippen LogP contribution in [0.5, 0.6) is 0 Å². The number of carboxylic acid groups (broad SMARTS) is 1. The van der Waals surface area contributed by atoms with Crippen LogP contribution >= 0.6 is 24.0 Å². The molecule has 1 rings (SSSR count). The van der Waals surface area contributed by atoms with Crippen LogP contribution in [0.15, 0.2) is 24.3 Å². The zero-order chi connectivity index (χ0) is 13.1. The molecular weight excluding hydrogens is 252 g/mol. The number of hydrogen-bond donors (Lipinski definition) is 1. The number of thioether (sulfide) groups is 1. The Hall–Kier alpha value is -0.870. The molecule has 0 aromatic heterocycles. The quantitative estimate of drug-likeness (QED) is 0.852. The minimum absolute atomic E-state index is 0.0137. The molecule has 0 bridgehead atoms. The van der Waals surface area contributed by atoms with Gasteiger partial charge in [-0.3, -0.25) is 4.79 Å². The van der Waals surface area contributed by atoms with Crippen LogP contribution in [0.25, 0.3) is 0 Å². The lowest BCUT2D eigenvalue weighted by Gasteiger charge is -2.19. The minimum Gasteiger partial charge on any atom is -0.481 e. The van der Waals surface area contributed by atoms with Gasteiger partial charge in [0.25, 0.3) is 0 Å². The van der Waals surface area contributed by atoms with Gasteiger partial charge in [-0.2, -0.15) is 0 Å². The summed E-state index contributed by atoms with van der Waals surface area (Å²) in [6.07, 6.45) is 0. The molecule has 0 saturated heterocycles. The summed E-state index contributed by atoms with van der Waals surface area (Å²) in [6, 6.07) is 8.00. The maximum atomic E-state index is 10.4. The average molecular weight is 268 g/mol. The van der Waals surface area contributed by atoms with Crippen molar-refractivity contribution in [2.75, 3.05) is 5.75 Å². The third kappa shape index (κ3) is 4.48. The van der Waals surface area contributed by atoms with Gasteiger partial charge >= 0.3 is 5.97 Å². The third-order valence-electron chi connectivity index (χ3n) is 2.31. The highest BCUT2D eigenvalue weighted by atomic mass is 32.2. The van der Waals surface area contributed by atoms with Crippen LogP contribution in [0.1, 0.15) is 31.9 Å². The molecule has 0 aliphatic rings. The van der Waals surface area contributed by atoms with E-state index in [-0.39, 0.29) is 11.2 Å². The molecule has 0 aliphatic carbocycles. The Labute approximate surface area is 111 Å². The van der Waals surface area contributed by atoms with Crippen molar-refractivity contribution in [3.05, 3.63) is 35.4 Å². The topological polar surface area (TPSA) is 37.3 Å². The molecule has 0 saturated carbocycles. The first-order chi connectivity index (χ1) is 7.80. The van der Waals surface area contributed by atoms with E-state index in [1.807, 2.05) is 24.3 Å². The summed E-state index contributed by atoms with van der Waals surface area (Å²) in [5, 5.41) is 8.58. The summed E-state index contributed by atoms with van der Waals surface area (Å²) in [5.41, 5.74) is 2.28. The third-order valence-corrected chi connectivity index (χ3v) is 3.79. The SMILES string of the molecule is CC(C)(C)c1ccc(C(=S)SCC(=O)O)cc1. The first-order valence-corrected chi connectivity index (χ1v) is 6.69. The molecule has 0 radical (unpaired) electrons. The van der Waals surface area contributed by atoms with Gasteiger partial charge in [0.1, 0.15) is 0 Å². The molecule has 1 aromatic carbocycles. The minimum atomic E-state index is -0.844. The van der Waals surface area contributed by atoms with Crippen LogP contribution in [-0.2, 0) is 10.2 Å². The maximum absolute atomic E-state index is 10.4. The number of carbonyl (C=O) groups is 1. The second-order valence-electron chi connectivity index (χ2n) is 4.80. The highest BCUT2D eigenvalue weighted by Gasteiger charge is 2.13. The summed E-state index contributed by atoms with van der Waals surface area (Å²) in [6.45, 7) is 6.46. The molecule has 1 aromatic rings. The van der Waals surface area contributed by atoms with Crippen LogP contribution in [0.2, 0.25) is 0 Å². The van der Waals surface area contributed by atoms with Gasteiger partial charge in [-0.25, -0.2) is 0 Å². The summed E-state index contributed by atoms with van der Waals surface area (Å²) in [4.78, 5) is 10.4. The lowest BCUT2D eigenvalue weighted by molar-refractivity contribution is -0.133. The van der Waals surface area contributed by atoms with Gasteiger partial charge in [0.2, 0.25) is 0 Å². The van der Waals surface area contributed by atoms with Crippen molar-refractivity contribution in [2.24, 2.45) is 0 Å². The Morgan fingerprint density at radius 2 is 1.82 bits per heavy atom. The summed E-state index contributed by atoms with van der Waals surface area (Å²) in [7, 11) is 0. The molecule has 0 amide bonds. The molecule has 1 N–H and O–H groups in total. The molecule has 2 nitrogen and oxygen atoms in total. The van der Waals surface area contributed by atoms with Crippen LogP contribution in [0, 0.1) is 0 Å². The lowest BCUT2D eigenvalue weighted by Crippen LogP contribution is -2.11. The van der Waals surface area contributed by atoms with E-state index in [0.29, 0.717) is 4.20 Å². The Kier molecular flexibility index (Phi) is 4.71. The van der Waals surface area contributed by atoms with Gasteiger partial charge in [-0.1, -0.05) is 57.3 Å². The molecule has 0 spiro atoms. The fraction of sp³-hybridized carbons (Fsp3) is 0.385. The van der Waals surface area contributed by atoms with Crippen molar-refractivity contribution < 1.29 is 9.90 Å². The Balaban J connectivity index is 2.74. The number of carboxylic acids is 1. The Bertz CT molecular complexity index is 416. The second kappa shape index (κ2) is 5.65. The van der Waals surface area contributed by atoms with E-state index < -0.39 is 5.97 Å². The first kappa shape index (κ1) is 14.2.